The molecule has 0 saturated heterocycles. The van der Waals surface area contributed by atoms with E-state index in [2.05, 4.69) is 22.2 Å². The van der Waals surface area contributed by atoms with Crippen LogP contribution >= 0.6 is 23.2 Å². The Labute approximate surface area is 132 Å². The van der Waals surface area contributed by atoms with Gasteiger partial charge in [-0.2, -0.15) is 0 Å². The van der Waals surface area contributed by atoms with Gasteiger partial charge in [-0.1, -0.05) is 35.3 Å². The molecule has 0 aliphatic rings. The summed E-state index contributed by atoms with van der Waals surface area (Å²) >= 11 is 12.0. The molecule has 1 aromatic heterocycles. The van der Waals surface area contributed by atoms with E-state index in [1.807, 2.05) is 42.5 Å². The zero-order valence-electron chi connectivity index (χ0n) is 11.3. The van der Waals surface area contributed by atoms with E-state index in [0.717, 1.165) is 27.3 Å². The number of aromatic nitrogens is 2. The van der Waals surface area contributed by atoms with Crippen LogP contribution in [0.3, 0.4) is 0 Å². The predicted molar refractivity (Wildman–Crippen MR) is 88.0 cm³/mol. The number of benzene rings is 2. The number of hydrogen-bond acceptors (Lipinski definition) is 3. The van der Waals surface area contributed by atoms with Crippen LogP contribution in [0.1, 0.15) is 18.5 Å². The van der Waals surface area contributed by atoms with Gasteiger partial charge in [-0.05, 0) is 42.8 Å². The van der Waals surface area contributed by atoms with E-state index >= 15 is 0 Å². The molecule has 1 unspecified atom stereocenters. The van der Waals surface area contributed by atoms with Crippen molar-refractivity contribution in [2.75, 3.05) is 5.32 Å². The van der Waals surface area contributed by atoms with Crippen molar-refractivity contribution in [2.24, 2.45) is 0 Å². The minimum Gasteiger partial charge on any atom is -0.363 e. The van der Waals surface area contributed by atoms with Crippen LogP contribution in [0, 0.1) is 0 Å². The van der Waals surface area contributed by atoms with E-state index in [1.54, 1.807) is 0 Å². The van der Waals surface area contributed by atoms with Gasteiger partial charge in [-0.15, -0.1) is 0 Å². The molecule has 0 bridgehead atoms. The maximum Gasteiger partial charge on any atom is 0.137 e. The quantitative estimate of drug-likeness (QED) is 0.729. The lowest BCUT2D eigenvalue weighted by molar-refractivity contribution is 0.876. The maximum atomic E-state index is 6.04. The number of anilines is 1. The molecule has 0 radical (unpaired) electrons. The molecule has 3 nitrogen and oxygen atoms in total. The lowest BCUT2D eigenvalue weighted by Gasteiger charge is -2.16. The van der Waals surface area contributed by atoms with Crippen molar-refractivity contribution in [3.63, 3.8) is 0 Å². The van der Waals surface area contributed by atoms with E-state index in [1.165, 1.54) is 6.33 Å². The molecule has 3 aromatic rings. The number of halogens is 2. The molecule has 0 fully saturated rings. The SMILES string of the molecule is CC(Nc1ncnc2cc(Cl)ccc12)c1cccc(Cl)c1. The van der Waals surface area contributed by atoms with Crippen molar-refractivity contribution in [3.8, 4) is 0 Å². The Morgan fingerprint density at radius 1 is 1.00 bits per heavy atom. The van der Waals surface area contributed by atoms with Gasteiger partial charge in [0.25, 0.3) is 0 Å². The summed E-state index contributed by atoms with van der Waals surface area (Å²) in [5.41, 5.74) is 1.92. The first-order chi connectivity index (χ1) is 10.1. The summed E-state index contributed by atoms with van der Waals surface area (Å²) in [6.45, 7) is 2.07. The van der Waals surface area contributed by atoms with E-state index in [4.69, 9.17) is 23.2 Å². The van der Waals surface area contributed by atoms with Gasteiger partial charge in [0.1, 0.15) is 12.1 Å². The molecule has 0 aliphatic carbocycles. The molecule has 0 saturated carbocycles. The first-order valence-corrected chi connectivity index (χ1v) is 7.31. The maximum absolute atomic E-state index is 6.04. The van der Waals surface area contributed by atoms with Crippen LogP contribution in [0.15, 0.2) is 48.8 Å². The minimum atomic E-state index is 0.0810. The Bertz CT molecular complexity index is 789. The zero-order chi connectivity index (χ0) is 14.8. The van der Waals surface area contributed by atoms with E-state index in [9.17, 15) is 0 Å². The average Bonchev–Trinajstić information content (AvgIpc) is 2.47. The third kappa shape index (κ3) is 3.09. The van der Waals surface area contributed by atoms with Crippen LogP contribution in [0.5, 0.6) is 0 Å². The van der Waals surface area contributed by atoms with Crippen molar-refractivity contribution in [3.05, 3.63) is 64.4 Å². The van der Waals surface area contributed by atoms with E-state index in [0.29, 0.717) is 5.02 Å². The largest absolute Gasteiger partial charge is 0.363 e. The van der Waals surface area contributed by atoms with Crippen LogP contribution in [-0.4, -0.2) is 9.97 Å². The molecule has 21 heavy (non-hydrogen) atoms. The highest BCUT2D eigenvalue weighted by Gasteiger charge is 2.10. The molecule has 1 N–H and O–H groups in total. The van der Waals surface area contributed by atoms with Crippen LogP contribution in [0.4, 0.5) is 5.82 Å². The van der Waals surface area contributed by atoms with Crippen LogP contribution in [0.25, 0.3) is 10.9 Å². The minimum absolute atomic E-state index is 0.0810. The highest BCUT2D eigenvalue weighted by atomic mass is 35.5. The van der Waals surface area contributed by atoms with Gasteiger partial charge in [-0.25, -0.2) is 9.97 Å². The summed E-state index contributed by atoms with van der Waals surface area (Å²) in [7, 11) is 0. The molecule has 3 rings (SSSR count). The van der Waals surface area contributed by atoms with Gasteiger partial charge >= 0.3 is 0 Å². The molecule has 0 aliphatic heterocycles. The van der Waals surface area contributed by atoms with Gasteiger partial charge in [0.05, 0.1) is 11.6 Å². The Hall–Kier alpha value is -1.84. The highest BCUT2D eigenvalue weighted by Crippen LogP contribution is 2.26. The first-order valence-electron chi connectivity index (χ1n) is 6.56. The number of nitrogens with zero attached hydrogens (tertiary/aromatic N) is 2. The second kappa shape index (κ2) is 5.88. The van der Waals surface area contributed by atoms with Crippen molar-refractivity contribution < 1.29 is 0 Å². The van der Waals surface area contributed by atoms with Crippen LogP contribution < -0.4 is 5.32 Å². The number of hydrogen-bond donors (Lipinski definition) is 1. The number of rotatable bonds is 3. The van der Waals surface area contributed by atoms with Gasteiger partial charge in [0, 0.05) is 15.4 Å². The average molecular weight is 318 g/mol. The van der Waals surface area contributed by atoms with E-state index in [-0.39, 0.29) is 6.04 Å². The number of fused-ring (bicyclic) bond motifs is 1. The molecule has 0 spiro atoms. The van der Waals surface area contributed by atoms with Gasteiger partial charge in [-0.3, -0.25) is 0 Å². The van der Waals surface area contributed by atoms with Gasteiger partial charge in [0.15, 0.2) is 0 Å². The zero-order valence-corrected chi connectivity index (χ0v) is 12.9. The van der Waals surface area contributed by atoms with Gasteiger partial charge < -0.3 is 5.32 Å². The van der Waals surface area contributed by atoms with Crippen molar-refractivity contribution in [1.29, 1.82) is 0 Å². The highest BCUT2D eigenvalue weighted by molar-refractivity contribution is 6.31. The molecule has 106 valence electrons. The summed E-state index contributed by atoms with van der Waals surface area (Å²) in [5.74, 6) is 0.782. The fourth-order valence-electron chi connectivity index (χ4n) is 2.21. The Balaban J connectivity index is 1.94. The summed E-state index contributed by atoms with van der Waals surface area (Å²) < 4.78 is 0. The van der Waals surface area contributed by atoms with Crippen LogP contribution in [-0.2, 0) is 0 Å². The van der Waals surface area contributed by atoms with Crippen molar-refractivity contribution in [1.82, 2.24) is 9.97 Å². The normalized spacial score (nSPS) is 12.3. The molecular formula is C16H13Cl2N3. The fraction of sp³-hybridized carbons (Fsp3) is 0.125. The third-order valence-electron chi connectivity index (χ3n) is 3.30. The summed E-state index contributed by atoms with van der Waals surface area (Å²) in [6, 6.07) is 13.4. The van der Waals surface area contributed by atoms with Crippen molar-refractivity contribution >= 4 is 39.9 Å². The molecule has 0 amide bonds. The second-order valence-corrected chi connectivity index (χ2v) is 5.68. The molecule has 5 heteroatoms. The first kappa shape index (κ1) is 14.1. The van der Waals surface area contributed by atoms with Gasteiger partial charge in [0.2, 0.25) is 0 Å². The third-order valence-corrected chi connectivity index (χ3v) is 3.77. The summed E-state index contributed by atoms with van der Waals surface area (Å²) in [6.07, 6.45) is 1.53. The predicted octanol–water partition coefficient (Wildman–Crippen LogP) is 5.11. The lowest BCUT2D eigenvalue weighted by atomic mass is 10.1. The molecular weight excluding hydrogens is 305 g/mol. The Morgan fingerprint density at radius 2 is 1.81 bits per heavy atom. The Morgan fingerprint density at radius 3 is 2.62 bits per heavy atom. The monoisotopic (exact) mass is 317 g/mol. The fourth-order valence-corrected chi connectivity index (χ4v) is 2.57. The van der Waals surface area contributed by atoms with Crippen LogP contribution in [0.2, 0.25) is 10.0 Å². The molecule has 1 atom stereocenters. The second-order valence-electron chi connectivity index (χ2n) is 4.80. The number of nitrogens with one attached hydrogen (secondary N) is 1. The summed E-state index contributed by atoms with van der Waals surface area (Å²) in [5, 5.41) is 5.72. The topological polar surface area (TPSA) is 37.8 Å². The smallest absolute Gasteiger partial charge is 0.137 e. The standard InChI is InChI=1S/C16H13Cl2N3/c1-10(11-3-2-4-12(17)7-11)21-16-14-6-5-13(18)8-15(14)19-9-20-16/h2-10H,1H3,(H,19,20,21). The molecule has 2 aromatic carbocycles. The summed E-state index contributed by atoms with van der Waals surface area (Å²) in [4.78, 5) is 8.57. The molecule has 1 heterocycles. The Kier molecular flexibility index (Phi) is 3.95. The van der Waals surface area contributed by atoms with E-state index < -0.39 is 0 Å². The van der Waals surface area contributed by atoms with Crippen molar-refractivity contribution in [2.45, 2.75) is 13.0 Å². The lowest BCUT2D eigenvalue weighted by Crippen LogP contribution is -2.08.